The van der Waals surface area contributed by atoms with Gasteiger partial charge in [0.1, 0.15) is 0 Å². The predicted octanol–water partition coefficient (Wildman–Crippen LogP) is 3.87. The zero-order chi connectivity index (χ0) is 17.2. The molecule has 1 amide bonds. The molecule has 0 radical (unpaired) electrons. The van der Waals surface area contributed by atoms with E-state index in [0.29, 0.717) is 26.0 Å². The van der Waals surface area contributed by atoms with Crippen LogP contribution in [-0.2, 0) is 29.1 Å². The van der Waals surface area contributed by atoms with Gasteiger partial charge in [-0.2, -0.15) is 0 Å². The molecule has 0 atom stereocenters. The molecule has 0 aromatic heterocycles. The first-order valence-electron chi connectivity index (χ1n) is 8.45. The number of carbonyl (C=O) groups excluding carboxylic acids is 1. The molecule has 2 aromatic carbocycles. The quantitative estimate of drug-likeness (QED) is 0.525. The number of amides is 1. The van der Waals surface area contributed by atoms with Crippen molar-refractivity contribution in [1.29, 1.82) is 0 Å². The van der Waals surface area contributed by atoms with E-state index in [1.54, 1.807) is 0 Å². The van der Waals surface area contributed by atoms with Crippen LogP contribution in [0.4, 0.5) is 5.69 Å². The smallest absolute Gasteiger partial charge is 0.220 e. The average molecular weight is 363 g/mol. The lowest BCUT2D eigenvalue weighted by atomic mass is 10.1. The first-order valence-corrected chi connectivity index (χ1v) is 8.45. The number of benzene rings is 2. The van der Waals surface area contributed by atoms with E-state index in [0.717, 1.165) is 35.4 Å². The maximum Gasteiger partial charge on any atom is 0.220 e. The van der Waals surface area contributed by atoms with Gasteiger partial charge in [-0.05, 0) is 35.6 Å². The van der Waals surface area contributed by atoms with Crippen LogP contribution < -0.4 is 11.1 Å². The second-order valence-corrected chi connectivity index (χ2v) is 5.80. The van der Waals surface area contributed by atoms with Crippen molar-refractivity contribution in [3.05, 3.63) is 65.2 Å². The van der Waals surface area contributed by atoms with Crippen molar-refractivity contribution in [2.45, 2.75) is 39.3 Å². The third kappa shape index (κ3) is 7.16. The molecule has 0 saturated heterocycles. The van der Waals surface area contributed by atoms with Crippen LogP contribution in [0.2, 0.25) is 0 Å². The average Bonchev–Trinajstić information content (AvgIpc) is 2.60. The van der Waals surface area contributed by atoms with Crippen LogP contribution in [0.25, 0.3) is 0 Å². The van der Waals surface area contributed by atoms with Gasteiger partial charge in [0.15, 0.2) is 0 Å². The molecule has 0 spiro atoms. The molecule has 0 unspecified atom stereocenters. The van der Waals surface area contributed by atoms with Crippen molar-refractivity contribution in [1.82, 2.24) is 5.32 Å². The zero-order valence-electron chi connectivity index (χ0n) is 14.7. The highest BCUT2D eigenvalue weighted by Gasteiger charge is 2.06. The number of halogens is 1. The van der Waals surface area contributed by atoms with Crippen LogP contribution >= 0.6 is 12.4 Å². The maximum absolute atomic E-state index is 12.1. The van der Waals surface area contributed by atoms with E-state index in [4.69, 9.17) is 10.5 Å². The predicted molar refractivity (Wildman–Crippen MR) is 105 cm³/mol. The molecular formula is C20H27ClN2O2. The Morgan fingerprint density at radius 1 is 1.04 bits per heavy atom. The molecule has 0 aliphatic rings. The summed E-state index contributed by atoms with van der Waals surface area (Å²) in [5.41, 5.74) is 9.88. The van der Waals surface area contributed by atoms with E-state index in [1.807, 2.05) is 48.5 Å². The summed E-state index contributed by atoms with van der Waals surface area (Å²) in [7, 11) is 0. The summed E-state index contributed by atoms with van der Waals surface area (Å²) in [5.74, 6) is 0.0301. The van der Waals surface area contributed by atoms with Crippen molar-refractivity contribution >= 4 is 24.0 Å². The van der Waals surface area contributed by atoms with Crippen molar-refractivity contribution in [2.24, 2.45) is 0 Å². The third-order valence-corrected chi connectivity index (χ3v) is 3.88. The van der Waals surface area contributed by atoms with Crippen LogP contribution in [0.1, 0.15) is 36.5 Å². The minimum atomic E-state index is 0. The van der Waals surface area contributed by atoms with Gasteiger partial charge >= 0.3 is 0 Å². The summed E-state index contributed by atoms with van der Waals surface area (Å²) in [6.07, 6.45) is 2.09. The number of anilines is 1. The van der Waals surface area contributed by atoms with Gasteiger partial charge in [0, 0.05) is 25.3 Å². The fourth-order valence-electron chi connectivity index (χ4n) is 2.49. The molecule has 0 bridgehead atoms. The van der Waals surface area contributed by atoms with Gasteiger partial charge < -0.3 is 15.8 Å². The number of para-hydroxylation sites is 1. The van der Waals surface area contributed by atoms with Crippen LogP contribution in [0.3, 0.4) is 0 Å². The van der Waals surface area contributed by atoms with Gasteiger partial charge in [0.05, 0.1) is 6.61 Å². The summed E-state index contributed by atoms with van der Waals surface area (Å²) >= 11 is 0. The highest BCUT2D eigenvalue weighted by Crippen LogP contribution is 2.13. The molecule has 25 heavy (non-hydrogen) atoms. The lowest BCUT2D eigenvalue weighted by Gasteiger charge is -2.11. The van der Waals surface area contributed by atoms with Crippen molar-refractivity contribution in [3.63, 3.8) is 0 Å². The first kappa shape index (κ1) is 21.0. The summed E-state index contributed by atoms with van der Waals surface area (Å²) in [5, 5.41) is 2.98. The Balaban J connectivity index is 0.00000312. The van der Waals surface area contributed by atoms with Crippen molar-refractivity contribution in [3.8, 4) is 0 Å². The summed E-state index contributed by atoms with van der Waals surface area (Å²) < 4.78 is 5.61. The summed E-state index contributed by atoms with van der Waals surface area (Å²) in [6.45, 7) is 3.94. The van der Waals surface area contributed by atoms with Crippen molar-refractivity contribution < 1.29 is 9.53 Å². The van der Waals surface area contributed by atoms with Crippen LogP contribution in [0, 0.1) is 0 Å². The monoisotopic (exact) mass is 362 g/mol. The van der Waals surface area contributed by atoms with E-state index < -0.39 is 0 Å². The number of hydrogen-bond donors (Lipinski definition) is 2. The number of nitrogen functional groups attached to an aromatic ring is 1. The fraction of sp³-hybridized carbons (Fsp3) is 0.350. The number of aryl methyl sites for hydroxylation is 1. The van der Waals surface area contributed by atoms with Gasteiger partial charge in [-0.15, -0.1) is 12.4 Å². The Kier molecular flexibility index (Phi) is 9.66. The molecule has 2 aromatic rings. The van der Waals surface area contributed by atoms with Gasteiger partial charge in [-0.25, -0.2) is 0 Å². The summed E-state index contributed by atoms with van der Waals surface area (Å²) in [4.78, 5) is 12.1. The Hall–Kier alpha value is -2.04. The number of rotatable bonds is 9. The van der Waals surface area contributed by atoms with E-state index in [1.165, 1.54) is 0 Å². The molecule has 136 valence electrons. The minimum Gasteiger partial charge on any atom is -0.399 e. The van der Waals surface area contributed by atoms with Crippen LogP contribution in [0.5, 0.6) is 0 Å². The molecule has 0 aliphatic heterocycles. The second-order valence-electron chi connectivity index (χ2n) is 5.80. The molecule has 0 aliphatic carbocycles. The van der Waals surface area contributed by atoms with Gasteiger partial charge in [-0.1, -0.05) is 49.4 Å². The lowest BCUT2D eigenvalue weighted by Crippen LogP contribution is -2.23. The SMILES string of the molecule is CCCOCc1ccccc1CNC(=O)CCc1ccccc1N.Cl. The highest BCUT2D eigenvalue weighted by atomic mass is 35.5. The molecule has 0 heterocycles. The largest absolute Gasteiger partial charge is 0.399 e. The number of nitrogens with one attached hydrogen (secondary N) is 1. The Labute approximate surface area is 156 Å². The molecule has 0 fully saturated rings. The fourth-order valence-corrected chi connectivity index (χ4v) is 2.49. The van der Waals surface area contributed by atoms with Gasteiger partial charge in [-0.3, -0.25) is 4.79 Å². The highest BCUT2D eigenvalue weighted by molar-refractivity contribution is 5.85. The van der Waals surface area contributed by atoms with E-state index in [-0.39, 0.29) is 18.3 Å². The number of hydrogen-bond acceptors (Lipinski definition) is 3. The number of ether oxygens (including phenoxy) is 1. The molecule has 0 saturated carbocycles. The van der Waals surface area contributed by atoms with Crippen molar-refractivity contribution in [2.75, 3.05) is 12.3 Å². The van der Waals surface area contributed by atoms with Gasteiger partial charge in [0.25, 0.3) is 0 Å². The number of carbonyl (C=O) groups is 1. The van der Waals surface area contributed by atoms with E-state index in [2.05, 4.69) is 12.2 Å². The van der Waals surface area contributed by atoms with E-state index in [9.17, 15) is 4.79 Å². The molecule has 5 heteroatoms. The Morgan fingerprint density at radius 3 is 2.36 bits per heavy atom. The molecule has 3 N–H and O–H groups in total. The molecular weight excluding hydrogens is 336 g/mol. The molecule has 2 rings (SSSR count). The first-order chi connectivity index (χ1) is 11.7. The topological polar surface area (TPSA) is 64.3 Å². The summed E-state index contributed by atoms with van der Waals surface area (Å²) in [6, 6.07) is 15.7. The van der Waals surface area contributed by atoms with Gasteiger partial charge in [0.2, 0.25) is 5.91 Å². The lowest BCUT2D eigenvalue weighted by molar-refractivity contribution is -0.121. The van der Waals surface area contributed by atoms with Crippen LogP contribution in [-0.4, -0.2) is 12.5 Å². The Morgan fingerprint density at radius 2 is 1.68 bits per heavy atom. The third-order valence-electron chi connectivity index (χ3n) is 3.88. The molecule has 4 nitrogen and oxygen atoms in total. The Bertz CT molecular complexity index is 662. The van der Waals surface area contributed by atoms with E-state index >= 15 is 0 Å². The minimum absolute atomic E-state index is 0. The maximum atomic E-state index is 12.1. The number of nitrogens with two attached hydrogens (primary N) is 1. The zero-order valence-corrected chi connectivity index (χ0v) is 15.5. The standard InChI is InChI=1S/C20H26N2O2.ClH/c1-2-13-24-15-18-9-4-3-8-17(18)14-22-20(23)12-11-16-7-5-6-10-19(16)21;/h3-10H,2,11-15,21H2,1H3,(H,22,23);1H. The van der Waals surface area contributed by atoms with Crippen LogP contribution in [0.15, 0.2) is 48.5 Å². The second kappa shape index (κ2) is 11.5. The normalized spacial score (nSPS) is 10.1.